The number of ether oxygens (including phenoxy) is 1. The molecule has 3 unspecified atom stereocenters. The van der Waals surface area contributed by atoms with E-state index in [-0.39, 0.29) is 5.92 Å². The average molecular weight is 464 g/mol. The Kier molecular flexibility index (Phi) is 8.71. The Balaban J connectivity index is 0.000000192. The zero-order chi connectivity index (χ0) is 24.6. The molecule has 1 aliphatic rings. The highest BCUT2D eigenvalue weighted by atomic mass is 19.1. The first-order valence-electron chi connectivity index (χ1n) is 11.5. The van der Waals surface area contributed by atoms with Gasteiger partial charge in [0.05, 0.1) is 6.20 Å². The Morgan fingerprint density at radius 2 is 1.94 bits per heavy atom. The molecule has 0 aliphatic carbocycles. The molecule has 3 aromatic heterocycles. The van der Waals surface area contributed by atoms with Crippen LogP contribution in [0, 0.1) is 6.92 Å². The number of anilines is 1. The highest BCUT2D eigenvalue weighted by Crippen LogP contribution is 2.39. The lowest BCUT2D eigenvalue weighted by Crippen LogP contribution is -2.48. The van der Waals surface area contributed by atoms with E-state index in [4.69, 9.17) is 4.74 Å². The third-order valence-corrected chi connectivity index (χ3v) is 6.16. The van der Waals surface area contributed by atoms with Crippen molar-refractivity contribution in [3.63, 3.8) is 0 Å². The molecule has 34 heavy (non-hydrogen) atoms. The standard InChI is InChI=1S/C15H21FN2.C12H13N3O/c1-4-12(2)18-10-7-15(3,16)14(11-18)13-5-8-17-9-6-13;1-9-3-6-12(15-7-9)16-10-4-5-11(13-2)14-8-10/h4-6,8-9,12,14H,1,7,10-11H2,2-3H3;3-8H,1-2H3,(H,13,14). The summed E-state index contributed by atoms with van der Waals surface area (Å²) < 4.78 is 20.2. The normalized spacial score (nSPS) is 21.0. The number of aromatic nitrogens is 3. The fourth-order valence-electron chi connectivity index (χ4n) is 3.84. The Bertz CT molecular complexity index is 1030. The number of rotatable bonds is 6. The summed E-state index contributed by atoms with van der Waals surface area (Å²) in [5.41, 5.74) is 1.01. The van der Waals surface area contributed by atoms with Crippen molar-refractivity contribution >= 4 is 5.82 Å². The van der Waals surface area contributed by atoms with Gasteiger partial charge in [0.2, 0.25) is 5.88 Å². The summed E-state index contributed by atoms with van der Waals surface area (Å²) >= 11 is 0. The van der Waals surface area contributed by atoms with Crippen LogP contribution in [-0.4, -0.2) is 51.7 Å². The molecule has 6 nitrogen and oxygen atoms in total. The zero-order valence-corrected chi connectivity index (χ0v) is 20.4. The van der Waals surface area contributed by atoms with Gasteiger partial charge in [0.15, 0.2) is 0 Å². The number of halogens is 1. The summed E-state index contributed by atoms with van der Waals surface area (Å²) in [5, 5.41) is 2.94. The third kappa shape index (κ3) is 6.84. The molecular weight excluding hydrogens is 429 g/mol. The monoisotopic (exact) mass is 463 g/mol. The fourth-order valence-corrected chi connectivity index (χ4v) is 3.84. The smallest absolute Gasteiger partial charge is 0.219 e. The number of alkyl halides is 1. The molecule has 1 N–H and O–H groups in total. The molecule has 1 aliphatic heterocycles. The minimum atomic E-state index is -1.14. The second kappa shape index (κ2) is 11.7. The van der Waals surface area contributed by atoms with E-state index in [0.717, 1.165) is 30.0 Å². The van der Waals surface area contributed by atoms with E-state index in [2.05, 4.69) is 38.7 Å². The van der Waals surface area contributed by atoms with E-state index in [9.17, 15) is 4.39 Å². The summed E-state index contributed by atoms with van der Waals surface area (Å²) in [4.78, 5) is 14.6. The molecule has 1 saturated heterocycles. The van der Waals surface area contributed by atoms with Crippen molar-refractivity contribution in [2.45, 2.75) is 44.8 Å². The number of nitrogens with zero attached hydrogens (tertiary/aromatic N) is 4. The first-order chi connectivity index (χ1) is 16.3. The Morgan fingerprint density at radius 1 is 1.18 bits per heavy atom. The first kappa shape index (κ1) is 25.3. The lowest BCUT2D eigenvalue weighted by atomic mass is 9.79. The van der Waals surface area contributed by atoms with E-state index in [1.165, 1.54) is 0 Å². The zero-order valence-electron chi connectivity index (χ0n) is 20.4. The van der Waals surface area contributed by atoms with Gasteiger partial charge in [0, 0.05) is 56.8 Å². The lowest BCUT2D eigenvalue weighted by molar-refractivity contribution is 0.0398. The van der Waals surface area contributed by atoms with E-state index >= 15 is 0 Å². The molecule has 180 valence electrons. The summed E-state index contributed by atoms with van der Waals surface area (Å²) in [7, 11) is 1.82. The minimum absolute atomic E-state index is 0.0864. The van der Waals surface area contributed by atoms with Crippen molar-refractivity contribution in [3.8, 4) is 11.6 Å². The summed E-state index contributed by atoms with van der Waals surface area (Å²) in [6.45, 7) is 11.2. The molecule has 1 fully saturated rings. The van der Waals surface area contributed by atoms with Crippen LogP contribution in [0.3, 0.4) is 0 Å². The van der Waals surface area contributed by atoms with Crippen LogP contribution in [0.5, 0.6) is 11.6 Å². The van der Waals surface area contributed by atoms with E-state index in [1.807, 2.05) is 56.4 Å². The average Bonchev–Trinajstić information content (AvgIpc) is 2.86. The second-order valence-corrected chi connectivity index (χ2v) is 8.74. The van der Waals surface area contributed by atoms with Gasteiger partial charge >= 0.3 is 0 Å². The Hall–Kier alpha value is -3.32. The van der Waals surface area contributed by atoms with Gasteiger partial charge in [-0.2, -0.15) is 0 Å². The predicted molar refractivity (Wildman–Crippen MR) is 135 cm³/mol. The summed E-state index contributed by atoms with van der Waals surface area (Å²) in [5.74, 6) is 1.97. The van der Waals surface area contributed by atoms with E-state index in [1.54, 1.807) is 31.7 Å². The summed E-state index contributed by atoms with van der Waals surface area (Å²) in [6, 6.07) is 11.6. The van der Waals surface area contributed by atoms with Gasteiger partial charge in [-0.05, 0) is 62.6 Å². The van der Waals surface area contributed by atoms with Crippen LogP contribution < -0.4 is 10.1 Å². The first-order valence-corrected chi connectivity index (χ1v) is 11.5. The number of pyridine rings is 3. The molecule has 0 amide bonds. The topological polar surface area (TPSA) is 63.2 Å². The number of hydrogen-bond acceptors (Lipinski definition) is 6. The van der Waals surface area contributed by atoms with Crippen LogP contribution in [0.2, 0.25) is 0 Å². The molecule has 0 bridgehead atoms. The van der Waals surface area contributed by atoms with Crippen LogP contribution in [0.4, 0.5) is 10.2 Å². The van der Waals surface area contributed by atoms with Crippen LogP contribution in [0.15, 0.2) is 73.8 Å². The lowest BCUT2D eigenvalue weighted by Gasteiger charge is -2.43. The fraction of sp³-hybridized carbons (Fsp3) is 0.370. The number of nitrogens with one attached hydrogen (secondary N) is 1. The molecule has 0 aromatic carbocycles. The SMILES string of the molecule is C=CC(C)N1CCC(C)(F)C(c2ccncc2)C1.CNc1ccc(Oc2ccc(C)cn2)cn1. The van der Waals surface area contributed by atoms with Crippen molar-refractivity contribution in [2.24, 2.45) is 0 Å². The maximum atomic E-state index is 14.7. The Morgan fingerprint density at radius 3 is 2.53 bits per heavy atom. The van der Waals surface area contributed by atoms with E-state index in [0.29, 0.717) is 24.1 Å². The molecule has 3 atom stereocenters. The molecule has 7 heteroatoms. The van der Waals surface area contributed by atoms with Crippen LogP contribution in [0.1, 0.15) is 37.3 Å². The molecule has 0 spiro atoms. The molecule has 0 radical (unpaired) electrons. The van der Waals surface area contributed by atoms with Crippen molar-refractivity contribution in [3.05, 3.63) is 85.0 Å². The van der Waals surface area contributed by atoms with Crippen molar-refractivity contribution in [1.29, 1.82) is 0 Å². The second-order valence-electron chi connectivity index (χ2n) is 8.74. The number of hydrogen-bond donors (Lipinski definition) is 1. The van der Waals surface area contributed by atoms with Crippen molar-refractivity contribution in [1.82, 2.24) is 19.9 Å². The van der Waals surface area contributed by atoms with Crippen LogP contribution >= 0.6 is 0 Å². The van der Waals surface area contributed by atoms with Gasteiger partial charge in [-0.3, -0.25) is 9.88 Å². The number of aryl methyl sites for hydroxylation is 1. The van der Waals surface area contributed by atoms with Gasteiger partial charge in [0.1, 0.15) is 17.2 Å². The molecule has 0 saturated carbocycles. The third-order valence-electron chi connectivity index (χ3n) is 6.16. The minimum Gasteiger partial charge on any atom is -0.437 e. The number of likely N-dealkylation sites (tertiary alicyclic amines) is 1. The van der Waals surface area contributed by atoms with Gasteiger partial charge in [-0.15, -0.1) is 6.58 Å². The quantitative estimate of drug-likeness (QED) is 0.467. The van der Waals surface area contributed by atoms with Crippen molar-refractivity contribution < 1.29 is 9.13 Å². The number of piperidine rings is 1. The maximum Gasteiger partial charge on any atom is 0.219 e. The highest BCUT2D eigenvalue weighted by Gasteiger charge is 2.41. The Labute approximate surface area is 201 Å². The maximum absolute atomic E-state index is 14.7. The highest BCUT2D eigenvalue weighted by molar-refractivity contribution is 5.37. The summed E-state index contributed by atoms with van der Waals surface area (Å²) in [6.07, 6.45) is 9.39. The largest absolute Gasteiger partial charge is 0.437 e. The van der Waals surface area contributed by atoms with Gasteiger partial charge in [-0.25, -0.2) is 14.4 Å². The van der Waals surface area contributed by atoms with Crippen LogP contribution in [-0.2, 0) is 0 Å². The molecule has 3 aromatic rings. The van der Waals surface area contributed by atoms with E-state index < -0.39 is 5.67 Å². The van der Waals surface area contributed by atoms with Gasteiger partial charge in [0.25, 0.3) is 0 Å². The van der Waals surface area contributed by atoms with Gasteiger partial charge < -0.3 is 10.1 Å². The van der Waals surface area contributed by atoms with Gasteiger partial charge in [-0.1, -0.05) is 12.1 Å². The van der Waals surface area contributed by atoms with Crippen molar-refractivity contribution in [2.75, 3.05) is 25.5 Å². The van der Waals surface area contributed by atoms with Crippen LogP contribution in [0.25, 0.3) is 0 Å². The predicted octanol–water partition coefficient (Wildman–Crippen LogP) is 5.79. The molecular formula is C27H34FN5O. The molecule has 4 rings (SSSR count). The molecule has 4 heterocycles.